The average Bonchev–Trinajstić information content (AvgIpc) is 3.46. The summed E-state index contributed by atoms with van der Waals surface area (Å²) in [6.07, 6.45) is 0. The number of esters is 1. The van der Waals surface area contributed by atoms with Crippen LogP contribution in [0, 0.1) is 5.82 Å². The number of ether oxygens (including phenoxy) is 4. The minimum Gasteiger partial charge on any atom is -0.484 e. The third-order valence-corrected chi connectivity index (χ3v) is 7.93. The molecule has 0 spiro atoms. The van der Waals surface area contributed by atoms with Gasteiger partial charge in [-0.3, -0.25) is 19.2 Å². The zero-order valence-corrected chi connectivity index (χ0v) is 25.1. The number of ketones is 1. The summed E-state index contributed by atoms with van der Waals surface area (Å²) in [6, 6.07) is 17.1. The Morgan fingerprint density at radius 2 is 1.70 bits per heavy atom. The Bertz CT molecular complexity index is 1560. The van der Waals surface area contributed by atoms with Gasteiger partial charge in [0.25, 0.3) is 5.91 Å². The lowest BCUT2D eigenvalue weighted by atomic mass is 9.92. The zero-order chi connectivity index (χ0) is 31.4. The van der Waals surface area contributed by atoms with E-state index in [0.29, 0.717) is 28.5 Å². The van der Waals surface area contributed by atoms with Crippen molar-refractivity contribution in [1.29, 1.82) is 0 Å². The molecule has 3 aromatic rings. The average molecular weight is 623 g/mol. The van der Waals surface area contributed by atoms with Gasteiger partial charge >= 0.3 is 5.97 Å². The molecule has 0 bridgehead atoms. The number of anilines is 1. The normalized spacial score (nSPS) is 17.1. The molecule has 10 nitrogen and oxygen atoms in total. The van der Waals surface area contributed by atoms with E-state index in [0.717, 1.165) is 5.56 Å². The summed E-state index contributed by atoms with van der Waals surface area (Å²) in [5, 5.41) is 1.89. The van der Waals surface area contributed by atoms with E-state index in [1.165, 1.54) is 36.0 Å². The van der Waals surface area contributed by atoms with Crippen molar-refractivity contribution in [2.24, 2.45) is 0 Å². The highest BCUT2D eigenvalue weighted by Crippen LogP contribution is 2.45. The van der Waals surface area contributed by atoms with Gasteiger partial charge in [0, 0.05) is 11.3 Å². The van der Waals surface area contributed by atoms with Gasteiger partial charge in [0.15, 0.2) is 23.9 Å². The molecule has 2 aliphatic heterocycles. The summed E-state index contributed by atoms with van der Waals surface area (Å²) < 4.78 is 35.0. The minimum atomic E-state index is -0.655. The fourth-order valence-corrected chi connectivity index (χ4v) is 5.88. The number of nitrogens with zero attached hydrogens (tertiary/aromatic N) is 1. The maximum Gasteiger partial charge on any atom is 0.325 e. The first-order valence-electron chi connectivity index (χ1n) is 13.8. The van der Waals surface area contributed by atoms with Crippen molar-refractivity contribution in [3.63, 3.8) is 0 Å². The number of β-lactam (4-membered cyclic amide) rings is 1. The summed E-state index contributed by atoms with van der Waals surface area (Å²) in [5.41, 5.74) is 1.10. The van der Waals surface area contributed by atoms with Gasteiger partial charge in [0.1, 0.15) is 29.0 Å². The van der Waals surface area contributed by atoms with E-state index in [2.05, 4.69) is 5.32 Å². The molecule has 2 atom stereocenters. The van der Waals surface area contributed by atoms with E-state index in [1.54, 1.807) is 68.1 Å². The molecule has 0 unspecified atom stereocenters. The molecule has 1 fully saturated rings. The number of hydrogen-bond donors (Lipinski definition) is 1. The number of halogens is 1. The number of thioether (sulfide) groups is 1. The maximum absolute atomic E-state index is 13.6. The van der Waals surface area contributed by atoms with Crippen molar-refractivity contribution in [2.45, 2.75) is 37.7 Å². The Morgan fingerprint density at radius 3 is 2.41 bits per heavy atom. The molecule has 0 aromatic heterocycles. The van der Waals surface area contributed by atoms with Gasteiger partial charge in [-0.25, -0.2) is 4.39 Å². The maximum atomic E-state index is 13.6. The van der Waals surface area contributed by atoms with Crippen LogP contribution in [0.5, 0.6) is 17.2 Å². The summed E-state index contributed by atoms with van der Waals surface area (Å²) >= 11 is 1.23. The largest absolute Gasteiger partial charge is 0.484 e. The van der Waals surface area contributed by atoms with E-state index >= 15 is 0 Å². The molecule has 0 radical (unpaired) electrons. The van der Waals surface area contributed by atoms with Crippen molar-refractivity contribution in [1.82, 2.24) is 5.32 Å². The molecule has 230 valence electrons. The second-order valence-corrected chi connectivity index (χ2v) is 12.2. The quantitative estimate of drug-likeness (QED) is 0.188. The van der Waals surface area contributed by atoms with Crippen LogP contribution in [0.3, 0.4) is 0 Å². The van der Waals surface area contributed by atoms with Crippen molar-refractivity contribution in [2.75, 3.05) is 30.6 Å². The predicted octanol–water partition coefficient (Wildman–Crippen LogP) is 4.46. The number of carbonyl (C=O) groups is 4. The van der Waals surface area contributed by atoms with Gasteiger partial charge in [0.05, 0.1) is 11.8 Å². The van der Waals surface area contributed by atoms with Crippen LogP contribution in [-0.4, -0.2) is 60.1 Å². The molecule has 3 aromatic carbocycles. The van der Waals surface area contributed by atoms with Crippen molar-refractivity contribution in [3.05, 3.63) is 83.7 Å². The van der Waals surface area contributed by atoms with E-state index < -0.39 is 34.6 Å². The van der Waals surface area contributed by atoms with Crippen LogP contribution in [-0.2, 0) is 19.1 Å². The topological polar surface area (TPSA) is 120 Å². The lowest BCUT2D eigenvalue weighted by molar-refractivity contribution is -0.154. The van der Waals surface area contributed by atoms with Crippen molar-refractivity contribution >= 4 is 41.0 Å². The number of nitrogens with one attached hydrogen (secondary N) is 1. The highest BCUT2D eigenvalue weighted by Gasteiger charge is 2.49. The predicted molar refractivity (Wildman–Crippen MR) is 161 cm³/mol. The Kier molecular flexibility index (Phi) is 9.09. The van der Waals surface area contributed by atoms with Gasteiger partial charge < -0.3 is 29.2 Å². The van der Waals surface area contributed by atoms with Gasteiger partial charge in [-0.15, -0.1) is 11.8 Å². The number of benzene rings is 3. The van der Waals surface area contributed by atoms with Crippen LogP contribution in [0.15, 0.2) is 66.7 Å². The number of Topliss-reactive ketones (excluding diaryl/α,β-unsaturated/α-hetero) is 1. The summed E-state index contributed by atoms with van der Waals surface area (Å²) in [6.45, 7) is 4.72. The lowest BCUT2D eigenvalue weighted by Gasteiger charge is -2.47. The zero-order valence-electron chi connectivity index (χ0n) is 24.3. The Balaban J connectivity index is 1.23. The first-order valence-corrected chi connectivity index (χ1v) is 14.9. The van der Waals surface area contributed by atoms with Gasteiger partial charge in [0.2, 0.25) is 12.7 Å². The molecule has 0 saturated carbocycles. The van der Waals surface area contributed by atoms with Crippen LogP contribution in [0.2, 0.25) is 0 Å². The smallest absolute Gasteiger partial charge is 0.325 e. The first-order chi connectivity index (χ1) is 21.0. The third-order valence-electron chi connectivity index (χ3n) is 6.68. The summed E-state index contributed by atoms with van der Waals surface area (Å²) in [7, 11) is 0. The van der Waals surface area contributed by atoms with Gasteiger partial charge in [-0.2, -0.15) is 0 Å². The van der Waals surface area contributed by atoms with Crippen LogP contribution in [0.4, 0.5) is 10.1 Å². The second-order valence-electron chi connectivity index (χ2n) is 11.1. The number of amides is 2. The molecular weight excluding hydrogens is 591 g/mol. The second kappa shape index (κ2) is 13.0. The van der Waals surface area contributed by atoms with Gasteiger partial charge in [-0.1, -0.05) is 12.1 Å². The number of hydrogen-bond acceptors (Lipinski definition) is 9. The van der Waals surface area contributed by atoms with Crippen LogP contribution < -0.4 is 24.4 Å². The minimum absolute atomic E-state index is 0.0589. The van der Waals surface area contributed by atoms with E-state index in [9.17, 15) is 23.6 Å². The van der Waals surface area contributed by atoms with E-state index in [1.807, 2.05) is 0 Å². The van der Waals surface area contributed by atoms with Crippen LogP contribution in [0.25, 0.3) is 0 Å². The van der Waals surface area contributed by atoms with E-state index in [4.69, 9.17) is 18.9 Å². The fourth-order valence-electron chi connectivity index (χ4n) is 4.67. The highest BCUT2D eigenvalue weighted by molar-refractivity contribution is 8.01. The molecule has 0 aliphatic carbocycles. The van der Waals surface area contributed by atoms with Crippen LogP contribution >= 0.6 is 11.8 Å². The lowest BCUT2D eigenvalue weighted by Crippen LogP contribution is -2.57. The Hall–Kier alpha value is -4.58. The molecule has 1 N–H and O–H groups in total. The van der Waals surface area contributed by atoms with Crippen molar-refractivity contribution < 1.29 is 42.5 Å². The number of fused-ring (bicyclic) bond motifs is 1. The molecule has 5 rings (SSSR count). The highest BCUT2D eigenvalue weighted by atomic mass is 32.2. The molecule has 1 saturated heterocycles. The van der Waals surface area contributed by atoms with Crippen LogP contribution in [0.1, 0.15) is 42.7 Å². The standard InChI is InChI=1S/C32H31FN2O8S/c1-32(2,3)43-28(38)15-34-27(37)16-40-23-11-4-19(5-12-23)29-30(31(39)35(29)22-9-7-21(33)8-10-22)44-17-24(36)20-6-13-25-26(14-20)42-18-41-25/h4-14,29-30H,15-18H2,1-3H3,(H,34,37)/t29-,30-/m1/s1. The molecule has 12 heteroatoms. The van der Waals surface area contributed by atoms with E-state index in [-0.39, 0.29) is 37.4 Å². The Morgan fingerprint density at radius 1 is 1.00 bits per heavy atom. The summed E-state index contributed by atoms with van der Waals surface area (Å²) in [5.74, 6) is -0.283. The first kappa shape index (κ1) is 30.9. The molecule has 2 aliphatic rings. The van der Waals surface area contributed by atoms with Crippen molar-refractivity contribution in [3.8, 4) is 17.2 Å². The molecule has 44 heavy (non-hydrogen) atoms. The third kappa shape index (κ3) is 7.31. The number of rotatable bonds is 11. The molecular formula is C32H31FN2O8S. The summed E-state index contributed by atoms with van der Waals surface area (Å²) in [4.78, 5) is 51.8. The monoisotopic (exact) mass is 622 g/mol. The number of carbonyl (C=O) groups excluding carboxylic acids is 4. The Labute approximate surface area is 257 Å². The van der Waals surface area contributed by atoms with Gasteiger partial charge in [-0.05, 0) is 80.9 Å². The fraction of sp³-hybridized carbons (Fsp3) is 0.312. The molecule has 2 amide bonds. The SMILES string of the molecule is CC(C)(C)OC(=O)CNC(=O)COc1ccc([C@@H]2[C@@H](SCC(=O)c3ccc4c(c3)OCO4)C(=O)N2c2ccc(F)cc2)cc1. The molecule has 2 heterocycles.